The van der Waals surface area contributed by atoms with Gasteiger partial charge in [-0.3, -0.25) is 24.8 Å². The van der Waals surface area contributed by atoms with Gasteiger partial charge in [-0.25, -0.2) is 9.97 Å². The summed E-state index contributed by atoms with van der Waals surface area (Å²) >= 11 is 0. The maximum absolute atomic E-state index is 11.3. The molecular formula is C14H12N6O6. The van der Waals surface area contributed by atoms with Gasteiger partial charge in [0.05, 0.1) is 29.3 Å². The van der Waals surface area contributed by atoms with Crippen molar-refractivity contribution in [3.05, 3.63) is 45.0 Å². The van der Waals surface area contributed by atoms with E-state index in [0.29, 0.717) is 12.1 Å². The molecule has 0 atom stereocenters. The Kier molecular flexibility index (Phi) is 4.31. The standard InChI is InChI=1S/C14H12N6O6/c1-3-26-14-11-13(15-6-16-14)18(7-17-11)8-4-9(19(21)22)12(25-2)10(5-8)20(23)24/h4-7H,3H2,1-2H3. The molecule has 0 saturated carbocycles. The molecule has 0 radical (unpaired) electrons. The fourth-order valence-electron chi connectivity index (χ4n) is 2.45. The molecule has 0 aliphatic carbocycles. The minimum atomic E-state index is -0.755. The molecule has 3 rings (SSSR count). The number of nitro groups is 2. The van der Waals surface area contributed by atoms with Gasteiger partial charge in [0.1, 0.15) is 12.7 Å². The smallest absolute Gasteiger partial charge is 0.320 e. The Balaban J connectivity index is 2.27. The monoisotopic (exact) mass is 360 g/mol. The Morgan fingerprint density at radius 3 is 2.31 bits per heavy atom. The van der Waals surface area contributed by atoms with Crippen LogP contribution in [0.15, 0.2) is 24.8 Å². The number of rotatable bonds is 6. The van der Waals surface area contributed by atoms with Gasteiger partial charge >= 0.3 is 11.4 Å². The van der Waals surface area contributed by atoms with E-state index < -0.39 is 27.0 Å². The molecule has 0 aliphatic heterocycles. The highest BCUT2D eigenvalue weighted by Crippen LogP contribution is 2.39. The van der Waals surface area contributed by atoms with Crippen LogP contribution in [-0.4, -0.2) is 43.1 Å². The van der Waals surface area contributed by atoms with Gasteiger partial charge in [-0.15, -0.1) is 0 Å². The summed E-state index contributed by atoms with van der Waals surface area (Å²) in [5.41, 5.74) is -0.337. The van der Waals surface area contributed by atoms with E-state index >= 15 is 0 Å². The molecule has 0 saturated heterocycles. The van der Waals surface area contributed by atoms with Crippen molar-refractivity contribution in [1.29, 1.82) is 0 Å². The molecule has 26 heavy (non-hydrogen) atoms. The molecule has 2 aromatic heterocycles. The molecule has 2 heterocycles. The highest BCUT2D eigenvalue weighted by molar-refractivity contribution is 5.78. The molecule has 0 unspecified atom stereocenters. The predicted molar refractivity (Wildman–Crippen MR) is 87.7 cm³/mol. The van der Waals surface area contributed by atoms with Crippen LogP contribution in [0.25, 0.3) is 16.9 Å². The summed E-state index contributed by atoms with van der Waals surface area (Å²) in [6.07, 6.45) is 2.58. The Bertz CT molecular complexity index is 981. The van der Waals surface area contributed by atoms with E-state index in [4.69, 9.17) is 9.47 Å². The lowest BCUT2D eigenvalue weighted by Gasteiger charge is -2.08. The summed E-state index contributed by atoms with van der Waals surface area (Å²) in [4.78, 5) is 33.3. The van der Waals surface area contributed by atoms with Gasteiger partial charge in [0, 0.05) is 12.1 Å². The Hall–Kier alpha value is -3.83. The first-order valence-corrected chi connectivity index (χ1v) is 7.30. The van der Waals surface area contributed by atoms with Crippen molar-refractivity contribution < 1.29 is 19.3 Å². The summed E-state index contributed by atoms with van der Waals surface area (Å²) in [5.74, 6) is -0.188. The van der Waals surface area contributed by atoms with Crippen LogP contribution in [-0.2, 0) is 0 Å². The Morgan fingerprint density at radius 1 is 1.12 bits per heavy atom. The van der Waals surface area contributed by atoms with Crippen molar-refractivity contribution >= 4 is 22.5 Å². The molecule has 1 aromatic carbocycles. The molecule has 134 valence electrons. The second-order valence-corrected chi connectivity index (χ2v) is 4.93. The summed E-state index contributed by atoms with van der Waals surface area (Å²) in [6.45, 7) is 2.14. The van der Waals surface area contributed by atoms with Gasteiger partial charge in [-0.05, 0) is 6.92 Å². The maximum atomic E-state index is 11.3. The molecule has 0 aliphatic rings. The number of hydrogen-bond donors (Lipinski definition) is 0. The third kappa shape index (κ3) is 2.72. The van der Waals surface area contributed by atoms with Crippen LogP contribution in [0.5, 0.6) is 11.6 Å². The van der Waals surface area contributed by atoms with Crippen LogP contribution in [0, 0.1) is 20.2 Å². The first-order valence-electron chi connectivity index (χ1n) is 7.30. The van der Waals surface area contributed by atoms with Crippen molar-refractivity contribution in [1.82, 2.24) is 19.5 Å². The van der Waals surface area contributed by atoms with Gasteiger partial charge < -0.3 is 9.47 Å². The number of ether oxygens (including phenoxy) is 2. The Labute approximate surface area is 145 Å². The molecule has 12 nitrogen and oxygen atoms in total. The number of imidazole rings is 1. The van der Waals surface area contributed by atoms with Crippen molar-refractivity contribution in [2.24, 2.45) is 0 Å². The lowest BCUT2D eigenvalue weighted by Crippen LogP contribution is -2.03. The van der Waals surface area contributed by atoms with Crippen LogP contribution >= 0.6 is 0 Å². The van der Waals surface area contributed by atoms with Crippen LogP contribution in [0.4, 0.5) is 11.4 Å². The minimum Gasteiger partial charge on any atom is -0.485 e. The zero-order valence-corrected chi connectivity index (χ0v) is 13.6. The van der Waals surface area contributed by atoms with E-state index in [2.05, 4.69) is 15.0 Å². The van der Waals surface area contributed by atoms with E-state index in [1.807, 2.05) is 0 Å². The highest BCUT2D eigenvalue weighted by atomic mass is 16.6. The molecule has 0 amide bonds. The molecule has 0 spiro atoms. The van der Waals surface area contributed by atoms with E-state index in [1.165, 1.54) is 17.2 Å². The summed E-state index contributed by atoms with van der Waals surface area (Å²) in [6, 6.07) is 2.30. The second kappa shape index (κ2) is 6.58. The van der Waals surface area contributed by atoms with Crippen LogP contribution in [0.3, 0.4) is 0 Å². The molecule has 12 heteroatoms. The average molecular weight is 360 g/mol. The van der Waals surface area contributed by atoms with Crippen LogP contribution < -0.4 is 9.47 Å². The van der Waals surface area contributed by atoms with E-state index in [-0.39, 0.29) is 17.2 Å². The van der Waals surface area contributed by atoms with Crippen molar-refractivity contribution in [3.8, 4) is 17.3 Å². The molecule has 0 N–H and O–H groups in total. The fraction of sp³-hybridized carbons (Fsp3) is 0.214. The van der Waals surface area contributed by atoms with E-state index in [0.717, 1.165) is 19.2 Å². The first kappa shape index (κ1) is 17.0. The number of nitrogens with zero attached hydrogens (tertiary/aromatic N) is 6. The summed E-state index contributed by atoms with van der Waals surface area (Å²) < 4.78 is 11.6. The van der Waals surface area contributed by atoms with Crippen molar-refractivity contribution in [2.75, 3.05) is 13.7 Å². The molecule has 0 bridgehead atoms. The fourth-order valence-corrected chi connectivity index (χ4v) is 2.45. The number of nitro benzene ring substituents is 2. The third-order valence-electron chi connectivity index (χ3n) is 3.49. The lowest BCUT2D eigenvalue weighted by atomic mass is 10.2. The summed E-state index contributed by atoms with van der Waals surface area (Å²) in [7, 11) is 1.13. The normalized spacial score (nSPS) is 10.7. The number of aromatic nitrogens is 4. The number of benzene rings is 1. The quantitative estimate of drug-likeness (QED) is 0.475. The first-order chi connectivity index (χ1) is 12.5. The van der Waals surface area contributed by atoms with E-state index in [1.54, 1.807) is 6.92 Å². The predicted octanol–water partition coefficient (Wildman–Crippen LogP) is 2.04. The van der Waals surface area contributed by atoms with Crippen molar-refractivity contribution in [2.45, 2.75) is 6.92 Å². The zero-order valence-electron chi connectivity index (χ0n) is 13.6. The maximum Gasteiger partial charge on any atom is 0.320 e. The third-order valence-corrected chi connectivity index (χ3v) is 3.49. The number of hydrogen-bond acceptors (Lipinski definition) is 9. The molecule has 3 aromatic rings. The SMILES string of the molecule is CCOc1ncnc2c1ncn2-c1cc([N+](=O)[O-])c(OC)c([N+](=O)[O-])c1. The van der Waals surface area contributed by atoms with Gasteiger partial charge in [-0.1, -0.05) is 0 Å². The topological polar surface area (TPSA) is 148 Å². The Morgan fingerprint density at radius 2 is 1.77 bits per heavy atom. The lowest BCUT2D eigenvalue weighted by molar-refractivity contribution is -0.395. The van der Waals surface area contributed by atoms with Crippen molar-refractivity contribution in [3.63, 3.8) is 0 Å². The van der Waals surface area contributed by atoms with Crippen LogP contribution in [0.1, 0.15) is 6.92 Å². The zero-order chi connectivity index (χ0) is 18.8. The minimum absolute atomic E-state index is 0.132. The van der Waals surface area contributed by atoms with Gasteiger partial charge in [0.15, 0.2) is 11.2 Å². The second-order valence-electron chi connectivity index (χ2n) is 4.93. The number of methoxy groups -OCH3 is 1. The van der Waals surface area contributed by atoms with Gasteiger partial charge in [-0.2, -0.15) is 4.98 Å². The van der Waals surface area contributed by atoms with Crippen LogP contribution in [0.2, 0.25) is 0 Å². The largest absolute Gasteiger partial charge is 0.485 e. The van der Waals surface area contributed by atoms with Gasteiger partial charge in [0.25, 0.3) is 5.75 Å². The van der Waals surface area contributed by atoms with Gasteiger partial charge in [0.2, 0.25) is 5.88 Å². The molecular weight excluding hydrogens is 348 g/mol. The highest BCUT2D eigenvalue weighted by Gasteiger charge is 2.29. The van der Waals surface area contributed by atoms with E-state index in [9.17, 15) is 20.2 Å². The molecule has 0 fully saturated rings. The number of fused-ring (bicyclic) bond motifs is 1. The average Bonchev–Trinajstić information content (AvgIpc) is 3.05. The summed E-state index contributed by atoms with van der Waals surface area (Å²) in [5, 5.41) is 22.6.